The summed E-state index contributed by atoms with van der Waals surface area (Å²) in [6.45, 7) is 4.12. The Morgan fingerprint density at radius 2 is 1.23 bits per heavy atom. The first-order valence-corrected chi connectivity index (χ1v) is 9.13. The number of Topliss-reactive ketones (excluding diaryl/α,β-unsaturated/α-hetero) is 2. The number of nitrogens with zero attached hydrogens (tertiary/aromatic N) is 2. The van der Waals surface area contributed by atoms with E-state index in [-0.39, 0.29) is 35.5 Å². The molecule has 2 aliphatic rings. The maximum atomic E-state index is 12.8. The fourth-order valence-corrected chi connectivity index (χ4v) is 3.98. The highest BCUT2D eigenvalue weighted by molar-refractivity contribution is 6.02. The molecule has 6 nitrogen and oxygen atoms in total. The molecular formula is C20H24N2O4. The Kier molecular flexibility index (Phi) is 5.20. The summed E-state index contributed by atoms with van der Waals surface area (Å²) in [5.74, 6) is -0.460. The highest BCUT2D eigenvalue weighted by atomic mass is 16.2. The van der Waals surface area contributed by atoms with Crippen LogP contribution in [0.15, 0.2) is 24.3 Å². The van der Waals surface area contributed by atoms with Gasteiger partial charge in [-0.1, -0.05) is 6.07 Å². The number of likely N-dealkylation sites (tertiary alicyclic amines) is 2. The fraction of sp³-hybridized carbons (Fsp3) is 0.500. The number of ketones is 2. The van der Waals surface area contributed by atoms with Crippen LogP contribution in [0.1, 0.15) is 60.2 Å². The van der Waals surface area contributed by atoms with E-state index in [1.807, 2.05) is 0 Å². The van der Waals surface area contributed by atoms with E-state index in [1.54, 1.807) is 34.1 Å². The molecular weight excluding hydrogens is 332 g/mol. The largest absolute Gasteiger partial charge is 0.329 e. The van der Waals surface area contributed by atoms with Crippen LogP contribution < -0.4 is 0 Å². The first-order chi connectivity index (χ1) is 12.4. The standard InChI is InChI=1S/C20H24N2O4/c1-13(23)17-8-4-10-21(17)19(25)15-6-3-7-16(12-15)20(26)22-11-5-9-18(22)14(2)24/h3,6-7,12,17-18H,4-5,8-11H2,1-2H3/t17-,18+. The van der Waals surface area contributed by atoms with Crippen molar-refractivity contribution in [2.45, 2.75) is 51.6 Å². The van der Waals surface area contributed by atoms with Gasteiger partial charge in [-0.25, -0.2) is 0 Å². The quantitative estimate of drug-likeness (QED) is 0.828. The van der Waals surface area contributed by atoms with Crippen molar-refractivity contribution in [3.05, 3.63) is 35.4 Å². The third-order valence-corrected chi connectivity index (χ3v) is 5.32. The second-order valence-corrected chi connectivity index (χ2v) is 7.12. The van der Waals surface area contributed by atoms with Crippen molar-refractivity contribution in [3.63, 3.8) is 0 Å². The van der Waals surface area contributed by atoms with Gasteiger partial charge in [0.05, 0.1) is 12.1 Å². The predicted octanol–water partition coefficient (Wildman–Crippen LogP) is 2.07. The summed E-state index contributed by atoms with van der Waals surface area (Å²) in [5.41, 5.74) is 0.810. The normalized spacial score (nSPS) is 22.5. The summed E-state index contributed by atoms with van der Waals surface area (Å²) < 4.78 is 0. The Morgan fingerprint density at radius 3 is 1.62 bits per heavy atom. The molecule has 2 saturated heterocycles. The van der Waals surface area contributed by atoms with E-state index in [9.17, 15) is 19.2 Å². The topological polar surface area (TPSA) is 74.8 Å². The maximum absolute atomic E-state index is 12.8. The minimum absolute atomic E-state index is 0.00977. The highest BCUT2D eigenvalue weighted by Gasteiger charge is 2.34. The van der Waals surface area contributed by atoms with Crippen molar-refractivity contribution in [2.24, 2.45) is 0 Å². The van der Waals surface area contributed by atoms with Gasteiger partial charge in [-0.05, 0) is 57.7 Å². The third kappa shape index (κ3) is 3.41. The smallest absolute Gasteiger partial charge is 0.254 e. The Labute approximate surface area is 153 Å². The molecule has 0 N–H and O–H groups in total. The van der Waals surface area contributed by atoms with E-state index in [2.05, 4.69) is 0 Å². The predicted molar refractivity (Wildman–Crippen MR) is 95.9 cm³/mol. The Morgan fingerprint density at radius 1 is 0.808 bits per heavy atom. The molecule has 0 aliphatic carbocycles. The van der Waals surface area contributed by atoms with Crippen LogP contribution in [-0.4, -0.2) is 58.4 Å². The van der Waals surface area contributed by atoms with Crippen LogP contribution in [0.4, 0.5) is 0 Å². The highest BCUT2D eigenvalue weighted by Crippen LogP contribution is 2.24. The van der Waals surface area contributed by atoms with E-state index in [0.717, 1.165) is 12.8 Å². The monoisotopic (exact) mass is 356 g/mol. The van der Waals surface area contributed by atoms with E-state index in [4.69, 9.17) is 0 Å². The van der Waals surface area contributed by atoms with Crippen LogP contribution in [0, 0.1) is 0 Å². The Bertz CT molecular complexity index is 699. The van der Waals surface area contributed by atoms with E-state index >= 15 is 0 Å². The molecule has 0 unspecified atom stereocenters. The van der Waals surface area contributed by atoms with Gasteiger partial charge in [-0.2, -0.15) is 0 Å². The van der Waals surface area contributed by atoms with Crippen molar-refractivity contribution in [2.75, 3.05) is 13.1 Å². The molecule has 2 aliphatic heterocycles. The number of carbonyl (C=O) groups is 4. The second-order valence-electron chi connectivity index (χ2n) is 7.12. The van der Waals surface area contributed by atoms with Gasteiger partial charge in [-0.3, -0.25) is 19.2 Å². The summed E-state index contributed by atoms with van der Waals surface area (Å²) in [7, 11) is 0. The fourth-order valence-electron chi connectivity index (χ4n) is 3.98. The first-order valence-electron chi connectivity index (χ1n) is 9.13. The zero-order valence-electron chi connectivity index (χ0n) is 15.2. The van der Waals surface area contributed by atoms with Crippen molar-refractivity contribution in [1.82, 2.24) is 9.80 Å². The summed E-state index contributed by atoms with van der Waals surface area (Å²) >= 11 is 0. The van der Waals surface area contributed by atoms with Gasteiger partial charge in [0.2, 0.25) is 0 Å². The van der Waals surface area contributed by atoms with Crippen LogP contribution >= 0.6 is 0 Å². The Hall–Kier alpha value is -2.50. The van der Waals surface area contributed by atoms with Gasteiger partial charge in [0.15, 0.2) is 11.6 Å². The molecule has 2 heterocycles. The summed E-state index contributed by atoms with van der Waals surface area (Å²) in [6.07, 6.45) is 2.99. The van der Waals surface area contributed by atoms with Gasteiger partial charge in [0.1, 0.15) is 0 Å². The number of hydrogen-bond donors (Lipinski definition) is 0. The molecule has 2 amide bonds. The maximum Gasteiger partial charge on any atom is 0.254 e. The first kappa shape index (κ1) is 18.3. The van der Waals surface area contributed by atoms with Gasteiger partial charge >= 0.3 is 0 Å². The van der Waals surface area contributed by atoms with E-state index < -0.39 is 0 Å². The SMILES string of the molecule is CC(=O)[C@H]1CCCN1C(=O)c1cccc(C(=O)N2CCC[C@H]2C(C)=O)c1. The molecule has 1 aromatic rings. The average Bonchev–Trinajstić information content (AvgIpc) is 3.29. The van der Waals surface area contributed by atoms with Crippen molar-refractivity contribution in [3.8, 4) is 0 Å². The van der Waals surface area contributed by atoms with Crippen LogP contribution in [0.3, 0.4) is 0 Å². The molecule has 0 saturated carbocycles. The minimum atomic E-state index is -0.373. The molecule has 1 aromatic carbocycles. The second kappa shape index (κ2) is 7.40. The molecule has 26 heavy (non-hydrogen) atoms. The minimum Gasteiger partial charge on any atom is -0.329 e. The van der Waals surface area contributed by atoms with Crippen molar-refractivity contribution in [1.29, 1.82) is 0 Å². The molecule has 138 valence electrons. The number of hydrogen-bond acceptors (Lipinski definition) is 4. The lowest BCUT2D eigenvalue weighted by Gasteiger charge is -2.24. The van der Waals surface area contributed by atoms with Crippen LogP contribution in [-0.2, 0) is 9.59 Å². The van der Waals surface area contributed by atoms with Gasteiger partial charge < -0.3 is 9.80 Å². The van der Waals surface area contributed by atoms with Crippen LogP contribution in [0.5, 0.6) is 0 Å². The summed E-state index contributed by atoms with van der Waals surface area (Å²) in [4.78, 5) is 52.4. The lowest BCUT2D eigenvalue weighted by atomic mass is 10.1. The molecule has 0 spiro atoms. The third-order valence-electron chi connectivity index (χ3n) is 5.32. The molecule has 0 bridgehead atoms. The average molecular weight is 356 g/mol. The molecule has 3 rings (SSSR count). The number of benzene rings is 1. The zero-order valence-corrected chi connectivity index (χ0v) is 15.2. The van der Waals surface area contributed by atoms with Gasteiger partial charge in [0, 0.05) is 24.2 Å². The van der Waals surface area contributed by atoms with Gasteiger partial charge in [0.25, 0.3) is 11.8 Å². The number of carbonyl (C=O) groups excluding carboxylic acids is 4. The van der Waals surface area contributed by atoms with Gasteiger partial charge in [-0.15, -0.1) is 0 Å². The van der Waals surface area contributed by atoms with E-state index in [1.165, 1.54) is 13.8 Å². The molecule has 2 atom stereocenters. The lowest BCUT2D eigenvalue weighted by molar-refractivity contribution is -0.121. The lowest BCUT2D eigenvalue weighted by Crippen LogP contribution is -2.40. The summed E-state index contributed by atoms with van der Waals surface area (Å²) in [6, 6.07) is 5.85. The molecule has 2 fully saturated rings. The number of amides is 2. The Balaban J connectivity index is 1.82. The summed E-state index contributed by atoms with van der Waals surface area (Å²) in [5, 5.41) is 0. The van der Waals surface area contributed by atoms with Crippen LogP contribution in [0.25, 0.3) is 0 Å². The molecule has 0 aromatic heterocycles. The van der Waals surface area contributed by atoms with Crippen molar-refractivity contribution >= 4 is 23.4 Å². The van der Waals surface area contributed by atoms with Crippen molar-refractivity contribution < 1.29 is 19.2 Å². The van der Waals surface area contributed by atoms with E-state index in [0.29, 0.717) is 37.1 Å². The molecule has 0 radical (unpaired) electrons. The number of rotatable bonds is 4. The molecule has 6 heteroatoms. The zero-order chi connectivity index (χ0) is 18.8. The van der Waals surface area contributed by atoms with Crippen LogP contribution in [0.2, 0.25) is 0 Å².